The first-order valence-electron chi connectivity index (χ1n) is 13.1. The Morgan fingerprint density at radius 3 is 2.87 bits per heavy atom. The van der Waals surface area contributed by atoms with Crippen LogP contribution in [0.25, 0.3) is 10.9 Å². The Balaban J connectivity index is 1.06. The number of hydrogen-bond donors (Lipinski definition) is 0. The Morgan fingerprint density at radius 2 is 2.11 bits per heavy atom. The number of carbonyl (C=O) groups is 1. The number of rotatable bonds is 9. The molecule has 3 heterocycles. The third-order valence-electron chi connectivity index (χ3n) is 7.41. The predicted octanol–water partition coefficient (Wildman–Crippen LogP) is 5.92. The fraction of sp³-hybridized carbons (Fsp3) is 0.556. The van der Waals surface area contributed by atoms with Crippen LogP contribution in [0.1, 0.15) is 60.0 Å². The first-order chi connectivity index (χ1) is 18.3. The van der Waals surface area contributed by atoms with Gasteiger partial charge < -0.3 is 4.74 Å². The molecule has 0 atom stereocenters. The zero-order valence-corrected chi connectivity index (χ0v) is 22.2. The van der Waals surface area contributed by atoms with E-state index in [-0.39, 0.29) is 11.8 Å². The van der Waals surface area contributed by atoms with E-state index in [0.29, 0.717) is 27.6 Å². The number of thiazole rings is 1. The van der Waals surface area contributed by atoms with Crippen LogP contribution < -0.4 is 4.74 Å². The summed E-state index contributed by atoms with van der Waals surface area (Å²) in [7, 11) is 0. The summed E-state index contributed by atoms with van der Waals surface area (Å²) in [6.07, 6.45) is 9.49. The molecule has 0 saturated heterocycles. The Morgan fingerprint density at radius 1 is 1.29 bits per heavy atom. The number of alkyl halides is 3. The Labute approximate surface area is 223 Å². The SMILES string of the molecule is CC(F)(F)COc1nc2c(s1)CCN(CCC1CCC(C=NC(=O)c3cccc4c3cnn4CF)CC1)C2. The van der Waals surface area contributed by atoms with Gasteiger partial charge in [0.15, 0.2) is 13.4 Å². The van der Waals surface area contributed by atoms with E-state index in [1.807, 2.05) is 0 Å². The molecule has 1 amide bonds. The minimum Gasteiger partial charge on any atom is -0.464 e. The highest BCUT2D eigenvalue weighted by atomic mass is 32.1. The molecule has 11 heteroatoms. The quantitative estimate of drug-likeness (QED) is 0.311. The smallest absolute Gasteiger partial charge is 0.278 e. The largest absolute Gasteiger partial charge is 0.464 e. The van der Waals surface area contributed by atoms with E-state index < -0.39 is 19.3 Å². The molecular weight excluding hydrogens is 515 g/mol. The van der Waals surface area contributed by atoms with Gasteiger partial charge in [-0.15, -0.1) is 0 Å². The molecule has 1 aromatic carbocycles. The number of halogens is 3. The molecule has 1 fully saturated rings. The minimum atomic E-state index is -2.87. The molecule has 7 nitrogen and oxygen atoms in total. The van der Waals surface area contributed by atoms with Crippen LogP contribution in [0.15, 0.2) is 29.4 Å². The van der Waals surface area contributed by atoms with Gasteiger partial charge in [0.05, 0.1) is 23.0 Å². The number of aromatic nitrogens is 3. The van der Waals surface area contributed by atoms with Crippen molar-refractivity contribution in [3.05, 3.63) is 40.5 Å². The maximum Gasteiger partial charge on any atom is 0.278 e. The van der Waals surface area contributed by atoms with Crippen molar-refractivity contribution in [2.75, 3.05) is 19.7 Å². The van der Waals surface area contributed by atoms with Gasteiger partial charge in [-0.05, 0) is 69.0 Å². The average Bonchev–Trinajstić information content (AvgIpc) is 3.52. The monoisotopic (exact) mass is 547 g/mol. The van der Waals surface area contributed by atoms with Crippen LogP contribution >= 0.6 is 11.3 Å². The highest BCUT2D eigenvalue weighted by molar-refractivity contribution is 7.13. The molecule has 3 aromatic rings. The van der Waals surface area contributed by atoms with Gasteiger partial charge in [0.2, 0.25) is 0 Å². The molecule has 2 aromatic heterocycles. The zero-order valence-electron chi connectivity index (χ0n) is 21.4. The number of hydrogen-bond acceptors (Lipinski definition) is 6. The van der Waals surface area contributed by atoms with Crippen LogP contribution in [-0.2, 0) is 19.8 Å². The molecule has 38 heavy (non-hydrogen) atoms. The summed E-state index contributed by atoms with van der Waals surface area (Å²) in [6, 6.07) is 5.17. The van der Waals surface area contributed by atoms with Crippen molar-refractivity contribution in [1.29, 1.82) is 0 Å². The van der Waals surface area contributed by atoms with Crippen LogP contribution in [0.5, 0.6) is 5.19 Å². The fourth-order valence-electron chi connectivity index (χ4n) is 5.29. The first kappa shape index (κ1) is 26.8. The molecule has 0 bridgehead atoms. The number of amides is 1. The van der Waals surface area contributed by atoms with E-state index in [1.165, 1.54) is 22.2 Å². The van der Waals surface area contributed by atoms with E-state index in [1.54, 1.807) is 24.4 Å². The molecule has 2 aliphatic rings. The van der Waals surface area contributed by atoms with Crippen molar-refractivity contribution in [2.24, 2.45) is 16.8 Å². The van der Waals surface area contributed by atoms with Gasteiger partial charge in [-0.1, -0.05) is 17.4 Å². The highest BCUT2D eigenvalue weighted by Gasteiger charge is 2.26. The molecular formula is C27H32F3N5O2S. The van der Waals surface area contributed by atoms with E-state index in [9.17, 15) is 18.0 Å². The van der Waals surface area contributed by atoms with Crippen LogP contribution in [0.4, 0.5) is 13.2 Å². The maximum atomic E-state index is 13.1. The fourth-order valence-corrected chi connectivity index (χ4v) is 6.19. The third-order valence-corrected chi connectivity index (χ3v) is 8.48. The van der Waals surface area contributed by atoms with E-state index in [0.717, 1.165) is 75.7 Å². The number of ether oxygens (including phenoxy) is 1. The Bertz CT molecular complexity index is 1290. The summed E-state index contributed by atoms with van der Waals surface area (Å²) in [4.78, 5) is 24.9. The lowest BCUT2D eigenvalue weighted by Gasteiger charge is -2.30. The summed E-state index contributed by atoms with van der Waals surface area (Å²) in [5.41, 5.74) is 1.98. The van der Waals surface area contributed by atoms with Gasteiger partial charge in [-0.2, -0.15) is 5.10 Å². The number of fused-ring (bicyclic) bond motifs is 2. The first-order valence-corrected chi connectivity index (χ1v) is 13.9. The number of benzene rings is 1. The summed E-state index contributed by atoms with van der Waals surface area (Å²) in [6.45, 7) is 2.12. The lowest BCUT2D eigenvalue weighted by atomic mass is 9.81. The highest BCUT2D eigenvalue weighted by Crippen LogP contribution is 2.33. The number of nitrogens with zero attached hydrogens (tertiary/aromatic N) is 5. The van der Waals surface area contributed by atoms with Crippen molar-refractivity contribution in [1.82, 2.24) is 19.7 Å². The molecule has 1 aliphatic heterocycles. The number of carbonyl (C=O) groups excluding carboxylic acids is 1. The maximum absolute atomic E-state index is 13.1. The van der Waals surface area contributed by atoms with Crippen LogP contribution in [0, 0.1) is 11.8 Å². The van der Waals surface area contributed by atoms with Crippen molar-refractivity contribution in [2.45, 2.75) is 64.7 Å². The molecule has 0 spiro atoms. The second kappa shape index (κ2) is 11.5. The molecule has 1 saturated carbocycles. The second-order valence-corrected chi connectivity index (χ2v) is 11.4. The minimum absolute atomic E-state index is 0.282. The molecule has 0 radical (unpaired) electrons. The molecule has 0 N–H and O–H groups in total. The van der Waals surface area contributed by atoms with Crippen molar-refractivity contribution in [3.8, 4) is 5.19 Å². The van der Waals surface area contributed by atoms with Gasteiger partial charge in [0.1, 0.15) is 0 Å². The molecule has 0 unspecified atom stereocenters. The van der Waals surface area contributed by atoms with Crippen LogP contribution in [0.3, 0.4) is 0 Å². The Kier molecular flexibility index (Phi) is 8.13. The average molecular weight is 548 g/mol. The normalized spacial score (nSPS) is 20.7. The number of aliphatic imine (C=N–C) groups is 1. The van der Waals surface area contributed by atoms with Gasteiger partial charge in [-0.3, -0.25) is 9.69 Å². The third kappa shape index (κ3) is 6.43. The zero-order chi connectivity index (χ0) is 26.7. The second-order valence-electron chi connectivity index (χ2n) is 10.4. The van der Waals surface area contributed by atoms with Gasteiger partial charge in [0.25, 0.3) is 17.0 Å². The van der Waals surface area contributed by atoms with Crippen molar-refractivity contribution in [3.63, 3.8) is 0 Å². The van der Waals surface area contributed by atoms with Crippen LogP contribution in [-0.4, -0.2) is 57.4 Å². The van der Waals surface area contributed by atoms with Gasteiger partial charge >= 0.3 is 0 Å². The Hall–Kier alpha value is -2.79. The van der Waals surface area contributed by atoms with E-state index in [4.69, 9.17) is 4.74 Å². The summed E-state index contributed by atoms with van der Waals surface area (Å²) < 4.78 is 45.6. The van der Waals surface area contributed by atoms with Crippen LogP contribution in [0.2, 0.25) is 0 Å². The molecule has 1 aliphatic carbocycles. The molecule has 5 rings (SSSR count). The summed E-state index contributed by atoms with van der Waals surface area (Å²) in [5, 5.41) is 4.95. The predicted molar refractivity (Wildman–Crippen MR) is 141 cm³/mol. The topological polar surface area (TPSA) is 72.6 Å². The van der Waals surface area contributed by atoms with E-state index in [2.05, 4.69) is 20.0 Å². The lowest BCUT2D eigenvalue weighted by molar-refractivity contribution is -0.0230. The van der Waals surface area contributed by atoms with Crippen molar-refractivity contribution >= 4 is 34.4 Å². The lowest BCUT2D eigenvalue weighted by Crippen LogP contribution is -2.32. The molecule has 204 valence electrons. The summed E-state index contributed by atoms with van der Waals surface area (Å²) >= 11 is 1.38. The van der Waals surface area contributed by atoms with Gasteiger partial charge in [0, 0.05) is 36.5 Å². The van der Waals surface area contributed by atoms with Crippen molar-refractivity contribution < 1.29 is 22.7 Å². The van der Waals surface area contributed by atoms with E-state index >= 15 is 0 Å². The van der Waals surface area contributed by atoms with Gasteiger partial charge in [-0.25, -0.2) is 27.8 Å². The standard InChI is InChI=1S/C27H32F3N5O2S/c1-27(29,30)16-37-26-33-22-15-34(12-10-24(22)38-26)11-9-18-5-7-19(8-6-18)13-31-25(36)20-3-2-4-23-21(20)14-32-35(23)17-28/h2-4,13-14,18-19H,5-12,15-17H2,1H3. The summed E-state index contributed by atoms with van der Waals surface area (Å²) in [5.74, 6) is -2.27.